The molecule has 31 heavy (non-hydrogen) atoms. The predicted molar refractivity (Wildman–Crippen MR) is 117 cm³/mol. The topological polar surface area (TPSA) is 86.1 Å². The number of nitrogens with zero attached hydrogens (tertiary/aromatic N) is 3. The molecule has 154 valence electrons. The Morgan fingerprint density at radius 2 is 1.55 bits per heavy atom. The van der Waals surface area contributed by atoms with Crippen molar-refractivity contribution >= 4 is 17.6 Å². The van der Waals surface area contributed by atoms with E-state index in [4.69, 9.17) is 4.74 Å². The number of anilines is 1. The van der Waals surface area contributed by atoms with Gasteiger partial charge in [0.15, 0.2) is 12.4 Å². The van der Waals surface area contributed by atoms with Crippen molar-refractivity contribution in [2.75, 3.05) is 11.9 Å². The highest BCUT2D eigenvalue weighted by molar-refractivity contribution is 5.94. The highest BCUT2D eigenvalue weighted by Crippen LogP contribution is 2.21. The molecule has 0 radical (unpaired) electrons. The molecule has 0 unspecified atom stereocenters. The maximum absolute atomic E-state index is 12.5. The summed E-state index contributed by atoms with van der Waals surface area (Å²) in [6.45, 7) is 1.52. The molecule has 0 spiro atoms. The Labute approximate surface area is 179 Å². The number of carbonyl (C=O) groups excluding carboxylic acids is 2. The van der Waals surface area contributed by atoms with Crippen LogP contribution < -0.4 is 5.32 Å². The summed E-state index contributed by atoms with van der Waals surface area (Å²) in [6, 6.07) is 26.1. The summed E-state index contributed by atoms with van der Waals surface area (Å²) >= 11 is 0. The molecule has 3 aromatic carbocycles. The van der Waals surface area contributed by atoms with Crippen molar-refractivity contribution in [1.82, 2.24) is 14.8 Å². The second-order valence-electron chi connectivity index (χ2n) is 6.86. The normalized spacial score (nSPS) is 10.5. The van der Waals surface area contributed by atoms with E-state index in [0.29, 0.717) is 11.5 Å². The van der Waals surface area contributed by atoms with Crippen LogP contribution in [0.5, 0.6) is 0 Å². The zero-order valence-electron chi connectivity index (χ0n) is 16.9. The van der Waals surface area contributed by atoms with Crippen LogP contribution in [-0.2, 0) is 9.53 Å². The summed E-state index contributed by atoms with van der Waals surface area (Å²) in [5.74, 6) is -0.831. The van der Waals surface area contributed by atoms with Gasteiger partial charge in [-0.15, -0.1) is 5.10 Å². The fourth-order valence-electron chi connectivity index (χ4n) is 2.95. The zero-order valence-corrected chi connectivity index (χ0v) is 16.9. The minimum atomic E-state index is -0.772. The van der Waals surface area contributed by atoms with Gasteiger partial charge in [0, 0.05) is 11.3 Å². The molecule has 7 heteroatoms. The van der Waals surface area contributed by atoms with Gasteiger partial charge in [-0.05, 0) is 31.2 Å². The van der Waals surface area contributed by atoms with Crippen LogP contribution in [0.3, 0.4) is 0 Å². The second kappa shape index (κ2) is 9.04. The van der Waals surface area contributed by atoms with Crippen molar-refractivity contribution in [3.05, 3.63) is 96.3 Å². The minimum Gasteiger partial charge on any atom is -0.450 e. The molecule has 4 aromatic rings. The SMILES string of the molecule is Cc1ccc(NC(=O)COC(=O)c2nc(-c3ccccc3)n(-c3ccccc3)n2)cc1. The van der Waals surface area contributed by atoms with Gasteiger partial charge >= 0.3 is 5.97 Å². The number of para-hydroxylation sites is 1. The Morgan fingerprint density at radius 1 is 0.903 bits per heavy atom. The molecule has 1 aromatic heterocycles. The molecule has 7 nitrogen and oxygen atoms in total. The van der Waals surface area contributed by atoms with Gasteiger partial charge in [-0.3, -0.25) is 4.79 Å². The number of hydrogen-bond acceptors (Lipinski definition) is 5. The fraction of sp³-hybridized carbons (Fsp3) is 0.0833. The lowest BCUT2D eigenvalue weighted by molar-refractivity contribution is -0.119. The molecular weight excluding hydrogens is 392 g/mol. The molecule has 1 heterocycles. The van der Waals surface area contributed by atoms with Crippen LogP contribution in [0, 0.1) is 6.92 Å². The highest BCUT2D eigenvalue weighted by atomic mass is 16.5. The van der Waals surface area contributed by atoms with Gasteiger partial charge < -0.3 is 10.1 Å². The van der Waals surface area contributed by atoms with E-state index in [2.05, 4.69) is 15.4 Å². The molecule has 4 rings (SSSR count). The smallest absolute Gasteiger partial charge is 0.378 e. The maximum atomic E-state index is 12.5. The van der Waals surface area contributed by atoms with Crippen LogP contribution in [0.2, 0.25) is 0 Å². The number of ether oxygens (including phenoxy) is 1. The Kier molecular flexibility index (Phi) is 5.84. The Balaban J connectivity index is 1.51. The van der Waals surface area contributed by atoms with E-state index in [1.54, 1.807) is 16.8 Å². The van der Waals surface area contributed by atoms with E-state index in [-0.39, 0.29) is 5.82 Å². The van der Waals surface area contributed by atoms with E-state index < -0.39 is 18.5 Å². The lowest BCUT2D eigenvalue weighted by Crippen LogP contribution is -2.21. The Morgan fingerprint density at radius 3 is 2.23 bits per heavy atom. The molecule has 0 aliphatic rings. The van der Waals surface area contributed by atoms with E-state index in [0.717, 1.165) is 16.8 Å². The maximum Gasteiger partial charge on any atom is 0.378 e. The van der Waals surface area contributed by atoms with Gasteiger partial charge in [0.1, 0.15) is 0 Å². The molecule has 0 fully saturated rings. The third-order valence-electron chi connectivity index (χ3n) is 4.49. The van der Waals surface area contributed by atoms with Crippen LogP contribution in [0.15, 0.2) is 84.9 Å². The van der Waals surface area contributed by atoms with Gasteiger partial charge in [-0.2, -0.15) is 0 Å². The minimum absolute atomic E-state index is 0.120. The van der Waals surface area contributed by atoms with Gasteiger partial charge in [-0.25, -0.2) is 14.5 Å². The standard InChI is InChI=1S/C24H20N4O3/c1-17-12-14-19(15-13-17)25-21(29)16-31-24(30)22-26-23(18-8-4-2-5-9-18)28(27-22)20-10-6-3-7-11-20/h2-15H,16H2,1H3,(H,25,29). The van der Waals surface area contributed by atoms with Crippen LogP contribution in [-0.4, -0.2) is 33.2 Å². The molecule has 0 saturated heterocycles. The first kappa shape index (κ1) is 20.0. The number of amides is 1. The van der Waals surface area contributed by atoms with Crippen LogP contribution in [0.1, 0.15) is 16.2 Å². The van der Waals surface area contributed by atoms with Crippen molar-refractivity contribution in [3.63, 3.8) is 0 Å². The first-order valence-corrected chi connectivity index (χ1v) is 9.72. The van der Waals surface area contributed by atoms with Crippen molar-refractivity contribution in [3.8, 4) is 17.1 Å². The molecule has 1 N–H and O–H groups in total. The number of carbonyl (C=O) groups is 2. The van der Waals surface area contributed by atoms with E-state index in [9.17, 15) is 9.59 Å². The predicted octanol–water partition coefficient (Wildman–Crippen LogP) is 4.04. The van der Waals surface area contributed by atoms with Crippen molar-refractivity contribution in [2.24, 2.45) is 0 Å². The molecule has 0 atom stereocenters. The average Bonchev–Trinajstić information content (AvgIpc) is 3.26. The van der Waals surface area contributed by atoms with Crippen LogP contribution >= 0.6 is 0 Å². The lowest BCUT2D eigenvalue weighted by atomic mass is 10.2. The molecule has 0 bridgehead atoms. The molecular formula is C24H20N4O3. The van der Waals surface area contributed by atoms with E-state index >= 15 is 0 Å². The summed E-state index contributed by atoms with van der Waals surface area (Å²) in [7, 11) is 0. The fourth-order valence-corrected chi connectivity index (χ4v) is 2.95. The first-order chi connectivity index (χ1) is 15.1. The summed E-state index contributed by atoms with van der Waals surface area (Å²) in [6.07, 6.45) is 0. The van der Waals surface area contributed by atoms with Gasteiger partial charge in [-0.1, -0.05) is 66.2 Å². The number of esters is 1. The Bertz CT molecular complexity index is 1130. The van der Waals surface area contributed by atoms with Crippen LogP contribution in [0.4, 0.5) is 5.69 Å². The van der Waals surface area contributed by atoms with Gasteiger partial charge in [0.25, 0.3) is 11.7 Å². The summed E-state index contributed by atoms with van der Waals surface area (Å²) in [5, 5.41) is 7.01. The first-order valence-electron chi connectivity index (χ1n) is 9.72. The highest BCUT2D eigenvalue weighted by Gasteiger charge is 2.20. The molecule has 1 amide bonds. The number of rotatable bonds is 6. The number of hydrogen-bond donors (Lipinski definition) is 1. The van der Waals surface area contributed by atoms with Crippen molar-refractivity contribution < 1.29 is 14.3 Å². The second-order valence-corrected chi connectivity index (χ2v) is 6.86. The number of aromatic nitrogens is 3. The number of aryl methyl sites for hydroxylation is 1. The molecule has 0 saturated carbocycles. The number of nitrogens with one attached hydrogen (secondary N) is 1. The third kappa shape index (κ3) is 4.84. The zero-order chi connectivity index (χ0) is 21.6. The average molecular weight is 412 g/mol. The molecule has 0 aliphatic carbocycles. The summed E-state index contributed by atoms with van der Waals surface area (Å²) < 4.78 is 6.72. The third-order valence-corrected chi connectivity index (χ3v) is 4.49. The van der Waals surface area contributed by atoms with Gasteiger partial charge in [0.05, 0.1) is 5.69 Å². The van der Waals surface area contributed by atoms with Crippen molar-refractivity contribution in [2.45, 2.75) is 6.92 Å². The van der Waals surface area contributed by atoms with Crippen LogP contribution in [0.25, 0.3) is 17.1 Å². The summed E-state index contributed by atoms with van der Waals surface area (Å²) in [5.41, 5.74) is 3.27. The number of benzene rings is 3. The van der Waals surface area contributed by atoms with Crippen molar-refractivity contribution in [1.29, 1.82) is 0 Å². The quantitative estimate of drug-likeness (QED) is 0.483. The van der Waals surface area contributed by atoms with E-state index in [1.165, 1.54) is 0 Å². The Hall–Kier alpha value is -4.26. The monoisotopic (exact) mass is 412 g/mol. The summed E-state index contributed by atoms with van der Waals surface area (Å²) in [4.78, 5) is 29.0. The van der Waals surface area contributed by atoms with E-state index in [1.807, 2.05) is 79.7 Å². The largest absolute Gasteiger partial charge is 0.450 e. The molecule has 0 aliphatic heterocycles. The van der Waals surface area contributed by atoms with Gasteiger partial charge in [0.2, 0.25) is 0 Å². The lowest BCUT2D eigenvalue weighted by Gasteiger charge is -2.05.